The molecule has 0 atom stereocenters. The quantitative estimate of drug-likeness (QED) is 0.771. The number of hydrogen-bond acceptors (Lipinski definition) is 5. The molecule has 2 rings (SSSR count). The normalized spacial score (nSPS) is 17.8. The van der Waals surface area contributed by atoms with E-state index in [-0.39, 0.29) is 5.78 Å². The third-order valence-electron chi connectivity index (χ3n) is 3.32. The Labute approximate surface area is 106 Å². The highest BCUT2D eigenvalue weighted by molar-refractivity contribution is 7.13. The minimum absolute atomic E-state index is 0.0516. The summed E-state index contributed by atoms with van der Waals surface area (Å²) in [4.78, 5) is 20.2. The lowest BCUT2D eigenvalue weighted by Crippen LogP contribution is -2.41. The fourth-order valence-electron chi connectivity index (χ4n) is 2.14. The highest BCUT2D eigenvalue weighted by Crippen LogP contribution is 2.25. The van der Waals surface area contributed by atoms with Crippen LogP contribution in [0.4, 0.5) is 5.13 Å². The molecule has 2 heterocycles. The predicted molar refractivity (Wildman–Crippen MR) is 71.0 cm³/mol. The van der Waals surface area contributed by atoms with Crippen molar-refractivity contribution in [3.63, 3.8) is 0 Å². The number of thiazole rings is 1. The predicted octanol–water partition coefficient (Wildman–Crippen LogP) is 1.88. The van der Waals surface area contributed by atoms with Gasteiger partial charge >= 0.3 is 0 Å². The average Bonchev–Trinajstić information content (AvgIpc) is 2.78. The molecule has 1 saturated heterocycles. The van der Waals surface area contributed by atoms with E-state index in [1.807, 2.05) is 5.38 Å². The van der Waals surface area contributed by atoms with Crippen LogP contribution in [0.3, 0.4) is 0 Å². The Hall–Kier alpha value is -0.940. The second-order valence-corrected chi connectivity index (χ2v) is 5.59. The van der Waals surface area contributed by atoms with Crippen molar-refractivity contribution in [1.29, 1.82) is 0 Å². The summed E-state index contributed by atoms with van der Waals surface area (Å²) in [6, 6.07) is 0.679. The van der Waals surface area contributed by atoms with Crippen molar-refractivity contribution in [3.05, 3.63) is 11.1 Å². The lowest BCUT2D eigenvalue weighted by atomic mass is 10.0. The van der Waals surface area contributed by atoms with Crippen LogP contribution in [0.5, 0.6) is 0 Å². The van der Waals surface area contributed by atoms with Gasteiger partial charge in [-0.15, -0.1) is 11.3 Å². The number of hydrogen-bond donors (Lipinski definition) is 0. The van der Waals surface area contributed by atoms with Crippen LogP contribution in [0.15, 0.2) is 5.38 Å². The van der Waals surface area contributed by atoms with Crippen molar-refractivity contribution >= 4 is 22.3 Å². The molecule has 4 nitrogen and oxygen atoms in total. The number of rotatable bonds is 3. The summed E-state index contributed by atoms with van der Waals surface area (Å²) in [5.74, 6) is 0.0516. The van der Waals surface area contributed by atoms with Crippen LogP contribution in [0.25, 0.3) is 0 Å². The Morgan fingerprint density at radius 2 is 2.12 bits per heavy atom. The SMILES string of the molecule is CC(=O)c1csc(N2CCC(N(C)C)CC2)n1. The number of aromatic nitrogens is 1. The van der Waals surface area contributed by atoms with E-state index in [4.69, 9.17) is 0 Å². The van der Waals surface area contributed by atoms with Crippen LogP contribution in [0, 0.1) is 0 Å². The van der Waals surface area contributed by atoms with Crippen LogP contribution in [-0.2, 0) is 0 Å². The number of piperidine rings is 1. The maximum atomic E-state index is 11.2. The molecule has 0 aromatic carbocycles. The van der Waals surface area contributed by atoms with E-state index < -0.39 is 0 Å². The van der Waals surface area contributed by atoms with Gasteiger partial charge in [-0.25, -0.2) is 4.98 Å². The molecule has 17 heavy (non-hydrogen) atoms. The second-order valence-electron chi connectivity index (χ2n) is 4.75. The third-order valence-corrected chi connectivity index (χ3v) is 4.22. The van der Waals surface area contributed by atoms with Gasteiger partial charge in [0.2, 0.25) is 0 Å². The zero-order valence-corrected chi connectivity index (χ0v) is 11.5. The monoisotopic (exact) mass is 253 g/mol. The van der Waals surface area contributed by atoms with Crippen LogP contribution in [0.1, 0.15) is 30.3 Å². The molecule has 5 heteroatoms. The molecule has 0 spiro atoms. The topological polar surface area (TPSA) is 36.4 Å². The molecule has 0 N–H and O–H groups in total. The second kappa shape index (κ2) is 5.14. The van der Waals surface area contributed by atoms with Crippen molar-refractivity contribution in [2.75, 3.05) is 32.1 Å². The molecule has 1 aromatic rings. The largest absolute Gasteiger partial charge is 0.348 e. The summed E-state index contributed by atoms with van der Waals surface area (Å²) in [6.45, 7) is 3.64. The first-order valence-corrected chi connectivity index (χ1v) is 6.83. The van der Waals surface area contributed by atoms with Gasteiger partial charge in [-0.1, -0.05) is 0 Å². The lowest BCUT2D eigenvalue weighted by molar-refractivity contribution is 0.101. The van der Waals surface area contributed by atoms with Crippen LogP contribution in [0.2, 0.25) is 0 Å². The number of anilines is 1. The van der Waals surface area contributed by atoms with Gasteiger partial charge in [0.15, 0.2) is 10.9 Å². The van der Waals surface area contributed by atoms with Gasteiger partial charge < -0.3 is 9.80 Å². The van der Waals surface area contributed by atoms with E-state index in [1.54, 1.807) is 18.3 Å². The molecular weight excluding hydrogens is 234 g/mol. The van der Waals surface area contributed by atoms with E-state index in [0.717, 1.165) is 18.2 Å². The standard InChI is InChI=1S/C12H19N3OS/c1-9(16)11-8-17-12(13-11)15-6-4-10(5-7-15)14(2)3/h8,10H,4-7H2,1-3H3. The Kier molecular flexibility index (Phi) is 3.79. The lowest BCUT2D eigenvalue weighted by Gasteiger charge is -2.34. The molecule has 1 fully saturated rings. The minimum atomic E-state index is 0.0516. The molecule has 1 aliphatic heterocycles. The zero-order chi connectivity index (χ0) is 12.4. The van der Waals surface area contributed by atoms with Crippen LogP contribution in [-0.4, -0.2) is 48.9 Å². The van der Waals surface area contributed by atoms with Gasteiger partial charge in [-0.05, 0) is 26.9 Å². The molecule has 0 unspecified atom stereocenters. The first kappa shape index (κ1) is 12.5. The first-order chi connectivity index (χ1) is 8.08. The van der Waals surface area contributed by atoms with E-state index >= 15 is 0 Å². The highest BCUT2D eigenvalue weighted by atomic mass is 32.1. The molecule has 0 amide bonds. The number of Topliss-reactive ketones (excluding diaryl/α,β-unsaturated/α-hetero) is 1. The van der Waals surface area contributed by atoms with E-state index in [9.17, 15) is 4.79 Å². The number of carbonyl (C=O) groups excluding carboxylic acids is 1. The highest BCUT2D eigenvalue weighted by Gasteiger charge is 2.22. The summed E-state index contributed by atoms with van der Waals surface area (Å²) in [7, 11) is 4.27. The van der Waals surface area contributed by atoms with Gasteiger partial charge in [-0.2, -0.15) is 0 Å². The Morgan fingerprint density at radius 3 is 2.59 bits per heavy atom. The van der Waals surface area contributed by atoms with Gasteiger partial charge in [0.1, 0.15) is 5.69 Å². The summed E-state index contributed by atoms with van der Waals surface area (Å²) >= 11 is 1.57. The van der Waals surface area contributed by atoms with Gasteiger partial charge in [0.25, 0.3) is 0 Å². The minimum Gasteiger partial charge on any atom is -0.348 e. The zero-order valence-electron chi connectivity index (χ0n) is 10.6. The van der Waals surface area contributed by atoms with Crippen molar-refractivity contribution in [2.24, 2.45) is 0 Å². The van der Waals surface area contributed by atoms with Gasteiger partial charge in [0.05, 0.1) is 0 Å². The molecule has 0 saturated carbocycles. The fraction of sp³-hybridized carbons (Fsp3) is 0.667. The molecular formula is C12H19N3OS. The maximum Gasteiger partial charge on any atom is 0.185 e. The first-order valence-electron chi connectivity index (χ1n) is 5.96. The Morgan fingerprint density at radius 1 is 1.47 bits per heavy atom. The summed E-state index contributed by atoms with van der Waals surface area (Å²) < 4.78 is 0. The molecule has 1 aromatic heterocycles. The Bertz CT molecular complexity index is 394. The molecule has 94 valence electrons. The molecule has 1 aliphatic rings. The third kappa shape index (κ3) is 2.84. The van der Waals surface area contributed by atoms with E-state index in [1.165, 1.54) is 12.8 Å². The number of nitrogens with zero attached hydrogens (tertiary/aromatic N) is 3. The maximum absolute atomic E-state index is 11.2. The summed E-state index contributed by atoms with van der Waals surface area (Å²) in [6.07, 6.45) is 2.34. The van der Waals surface area contributed by atoms with Crippen molar-refractivity contribution in [1.82, 2.24) is 9.88 Å². The molecule has 0 radical (unpaired) electrons. The summed E-state index contributed by atoms with van der Waals surface area (Å²) in [5.41, 5.74) is 0.597. The van der Waals surface area contributed by atoms with Crippen molar-refractivity contribution in [2.45, 2.75) is 25.8 Å². The summed E-state index contributed by atoms with van der Waals surface area (Å²) in [5, 5.41) is 2.85. The Balaban J connectivity index is 1.98. The van der Waals surface area contributed by atoms with E-state index in [0.29, 0.717) is 11.7 Å². The number of carbonyl (C=O) groups is 1. The number of ketones is 1. The van der Waals surface area contributed by atoms with Crippen molar-refractivity contribution < 1.29 is 4.79 Å². The molecule has 0 bridgehead atoms. The van der Waals surface area contributed by atoms with E-state index in [2.05, 4.69) is 28.9 Å². The van der Waals surface area contributed by atoms with Crippen LogP contribution >= 0.6 is 11.3 Å². The van der Waals surface area contributed by atoms with Gasteiger partial charge in [0, 0.05) is 31.4 Å². The van der Waals surface area contributed by atoms with Crippen molar-refractivity contribution in [3.8, 4) is 0 Å². The van der Waals surface area contributed by atoms with Crippen LogP contribution < -0.4 is 4.90 Å². The average molecular weight is 253 g/mol. The smallest absolute Gasteiger partial charge is 0.185 e. The fourth-order valence-corrected chi connectivity index (χ4v) is 3.06. The molecule has 0 aliphatic carbocycles. The van der Waals surface area contributed by atoms with Gasteiger partial charge in [-0.3, -0.25) is 4.79 Å².